The summed E-state index contributed by atoms with van der Waals surface area (Å²) < 4.78 is 61.8. The Morgan fingerprint density at radius 2 is 1.59 bits per heavy atom. The minimum absolute atomic E-state index is 0.0959. The van der Waals surface area contributed by atoms with Gasteiger partial charge in [-0.1, -0.05) is 0 Å². The van der Waals surface area contributed by atoms with Gasteiger partial charge in [-0.2, -0.15) is 4.98 Å². The first kappa shape index (κ1) is 31.2. The summed E-state index contributed by atoms with van der Waals surface area (Å²) in [4.78, 5) is 52.2. The Bertz CT molecular complexity index is 1950. The van der Waals surface area contributed by atoms with E-state index < -0.39 is 89.6 Å². The van der Waals surface area contributed by atoms with Gasteiger partial charge in [0.05, 0.1) is 31.6 Å². The molecule has 0 aromatic carbocycles. The summed E-state index contributed by atoms with van der Waals surface area (Å²) in [5.74, 6) is -0.262. The lowest BCUT2D eigenvalue weighted by molar-refractivity contribution is -0.0649. The number of nitrogens with zero attached hydrogens (tertiary/aromatic N) is 6. The van der Waals surface area contributed by atoms with Crippen molar-refractivity contribution in [1.29, 1.82) is 0 Å². The van der Waals surface area contributed by atoms with Crippen molar-refractivity contribution in [1.82, 2.24) is 34.1 Å². The molecule has 46 heavy (non-hydrogen) atoms. The number of phosphoric ester groups is 1. The van der Waals surface area contributed by atoms with Gasteiger partial charge >= 0.3 is 15.4 Å². The van der Waals surface area contributed by atoms with Crippen molar-refractivity contribution >= 4 is 49.4 Å². The second kappa shape index (κ2) is 11.4. The molecule has 7 rings (SSSR count). The zero-order valence-corrected chi connectivity index (χ0v) is 25.0. The number of rotatable bonds is 2. The maximum atomic E-state index is 13.1. The van der Waals surface area contributed by atoms with Crippen LogP contribution in [0.15, 0.2) is 29.7 Å². The summed E-state index contributed by atoms with van der Waals surface area (Å²) in [6.07, 6.45) is -8.93. The van der Waals surface area contributed by atoms with E-state index in [4.69, 9.17) is 39.2 Å². The number of aromatic amines is 1. The molecule has 7 heterocycles. The van der Waals surface area contributed by atoms with E-state index >= 15 is 0 Å². The maximum absolute atomic E-state index is 13.1. The molecule has 9 N–H and O–H groups in total. The van der Waals surface area contributed by atoms with Gasteiger partial charge in [0.1, 0.15) is 48.5 Å². The Morgan fingerprint density at radius 3 is 2.37 bits per heavy atom. The van der Waals surface area contributed by atoms with E-state index in [9.17, 15) is 33.9 Å². The topological polar surface area (TPSA) is 317 Å². The summed E-state index contributed by atoms with van der Waals surface area (Å²) in [5, 5.41) is 22.3. The standard InChI is InChI=1S/C22H27N9O13P2/c23-8-1-2-25-17-11(8)26-5-30(17)21-16-13(32)9(42-21)3-41-46(37,38)44-15-10(4-40-45(35,36)7-39-16)43-20(14(15)33)31-6-27-12-18(31)28-22(24)29-19(12)34/h1-2,5-6,9-10,13-16,20-21,32-33H,3-4,7H2,(H2,23,25)(H,35,36)(H,37,38)(H3,24,28,29,34)/t9-,10-,13+,14?,15+,16?,20-,21-/m1/s1. The molecule has 3 aliphatic rings. The number of nitrogens with one attached hydrogen (secondary N) is 1. The lowest BCUT2D eigenvalue weighted by atomic mass is 10.1. The molecule has 10 atom stereocenters. The third-order valence-corrected chi connectivity index (χ3v) is 9.65. The first-order valence-electron chi connectivity index (χ1n) is 13.5. The SMILES string of the molecule is Nc1nc2c(ncn2[C@@H]2O[C@@H]3COP(=O)(O)COC4[C@@H](O)[C@@H](COP(=O)(O)O[C@@H]3C2O)O[C@H]4n2cnc3c(N)ccnc32)c(=O)[nH]1. The summed E-state index contributed by atoms with van der Waals surface area (Å²) in [6.45, 7) is -1.49. The number of aliphatic hydroxyl groups excluding tert-OH is 2. The molecule has 3 saturated heterocycles. The van der Waals surface area contributed by atoms with Gasteiger partial charge in [0.15, 0.2) is 29.3 Å². The molecule has 0 radical (unpaired) electrons. The fourth-order valence-electron chi connectivity index (χ4n) is 5.50. The van der Waals surface area contributed by atoms with E-state index in [0.717, 1.165) is 10.9 Å². The zero-order valence-electron chi connectivity index (χ0n) is 23.2. The molecule has 0 saturated carbocycles. The number of anilines is 2. The number of aliphatic hydroxyl groups is 2. The van der Waals surface area contributed by atoms with Crippen LogP contribution in [0.25, 0.3) is 22.3 Å². The Labute approximate surface area is 255 Å². The molecule has 4 unspecified atom stereocenters. The zero-order chi connectivity index (χ0) is 32.5. The smallest absolute Gasteiger partial charge is 0.397 e. The molecule has 0 spiro atoms. The van der Waals surface area contributed by atoms with Crippen molar-refractivity contribution in [2.45, 2.75) is 49.1 Å². The van der Waals surface area contributed by atoms with E-state index in [2.05, 4.69) is 24.9 Å². The Balaban J connectivity index is 1.18. The molecule has 4 aromatic heterocycles. The third-order valence-electron chi connectivity index (χ3n) is 7.64. The fraction of sp³-hybridized carbons (Fsp3) is 0.500. The van der Waals surface area contributed by atoms with Gasteiger partial charge in [0.2, 0.25) is 5.95 Å². The number of hydrogen-bond donors (Lipinski definition) is 7. The highest BCUT2D eigenvalue weighted by atomic mass is 31.2. The number of H-pyrrole nitrogens is 1. The average Bonchev–Trinajstić information content (AvgIpc) is 3.75. The largest absolute Gasteiger partial charge is 0.472 e. The van der Waals surface area contributed by atoms with Crippen LogP contribution in [0, 0.1) is 0 Å². The van der Waals surface area contributed by atoms with Crippen LogP contribution >= 0.6 is 15.4 Å². The molecular formula is C22H27N9O13P2. The van der Waals surface area contributed by atoms with Crippen LogP contribution in [0.1, 0.15) is 12.5 Å². The van der Waals surface area contributed by atoms with Crippen LogP contribution in [-0.4, -0.2) is 110 Å². The fourth-order valence-corrected chi connectivity index (χ4v) is 7.28. The highest BCUT2D eigenvalue weighted by Crippen LogP contribution is 2.51. The number of aromatic nitrogens is 7. The van der Waals surface area contributed by atoms with Gasteiger partial charge in [-0.15, -0.1) is 0 Å². The molecule has 0 aliphatic carbocycles. The summed E-state index contributed by atoms with van der Waals surface area (Å²) >= 11 is 0. The van der Waals surface area contributed by atoms with Gasteiger partial charge in [-0.3, -0.25) is 32.5 Å². The Hall–Kier alpha value is -3.37. The highest BCUT2D eigenvalue weighted by molar-refractivity contribution is 7.52. The summed E-state index contributed by atoms with van der Waals surface area (Å²) in [6, 6.07) is 1.53. The molecule has 3 fully saturated rings. The lowest BCUT2D eigenvalue weighted by Gasteiger charge is -2.26. The monoisotopic (exact) mass is 687 g/mol. The van der Waals surface area contributed by atoms with Crippen molar-refractivity contribution in [3.05, 3.63) is 35.3 Å². The second-order valence-electron chi connectivity index (χ2n) is 10.6. The second-order valence-corrected chi connectivity index (χ2v) is 13.8. The average molecular weight is 687 g/mol. The number of nitrogens with two attached hydrogens (primary N) is 2. The van der Waals surface area contributed by atoms with E-state index in [1.807, 2.05) is 0 Å². The molecular weight excluding hydrogens is 660 g/mol. The van der Waals surface area contributed by atoms with Crippen molar-refractivity contribution in [2.75, 3.05) is 31.0 Å². The van der Waals surface area contributed by atoms with Gasteiger partial charge in [-0.25, -0.2) is 19.5 Å². The summed E-state index contributed by atoms with van der Waals surface area (Å²) in [7, 11) is -9.71. The predicted molar refractivity (Wildman–Crippen MR) is 151 cm³/mol. The first-order chi connectivity index (χ1) is 21.8. The number of fused-ring (bicyclic) bond motifs is 5. The van der Waals surface area contributed by atoms with Crippen LogP contribution in [0.2, 0.25) is 0 Å². The quantitative estimate of drug-likeness (QED) is 0.116. The lowest BCUT2D eigenvalue weighted by Crippen LogP contribution is -2.38. The molecule has 248 valence electrons. The Kier molecular flexibility index (Phi) is 7.74. The van der Waals surface area contributed by atoms with Crippen LogP contribution in [0.5, 0.6) is 0 Å². The number of ether oxygens (including phenoxy) is 3. The Morgan fingerprint density at radius 1 is 0.891 bits per heavy atom. The number of imidazole rings is 2. The van der Waals surface area contributed by atoms with Crippen LogP contribution < -0.4 is 17.0 Å². The number of nitrogen functional groups attached to an aromatic ring is 2. The van der Waals surface area contributed by atoms with E-state index in [1.54, 1.807) is 0 Å². The maximum Gasteiger partial charge on any atom is 0.472 e. The van der Waals surface area contributed by atoms with Crippen LogP contribution in [-0.2, 0) is 36.9 Å². The normalized spacial score (nSPS) is 37.4. The summed E-state index contributed by atoms with van der Waals surface area (Å²) in [5.41, 5.74) is 11.6. The van der Waals surface area contributed by atoms with Crippen molar-refractivity contribution in [3.8, 4) is 0 Å². The molecule has 3 aliphatic heterocycles. The van der Waals surface area contributed by atoms with Gasteiger partial charge in [0, 0.05) is 6.20 Å². The van der Waals surface area contributed by atoms with E-state index in [0.29, 0.717) is 11.2 Å². The highest BCUT2D eigenvalue weighted by Gasteiger charge is 2.52. The minimum Gasteiger partial charge on any atom is -0.397 e. The van der Waals surface area contributed by atoms with Crippen molar-refractivity contribution in [3.63, 3.8) is 0 Å². The van der Waals surface area contributed by atoms with E-state index in [1.165, 1.54) is 23.2 Å². The van der Waals surface area contributed by atoms with Gasteiger partial charge in [-0.05, 0) is 6.07 Å². The first-order valence-corrected chi connectivity index (χ1v) is 16.8. The molecule has 4 aromatic rings. The van der Waals surface area contributed by atoms with Crippen LogP contribution in [0.3, 0.4) is 0 Å². The predicted octanol–water partition coefficient (Wildman–Crippen LogP) is -1.69. The van der Waals surface area contributed by atoms with Crippen molar-refractivity contribution in [2.24, 2.45) is 0 Å². The van der Waals surface area contributed by atoms with Gasteiger partial charge < -0.3 is 50.2 Å². The molecule has 0 amide bonds. The van der Waals surface area contributed by atoms with Crippen molar-refractivity contribution < 1.29 is 56.9 Å². The van der Waals surface area contributed by atoms with Gasteiger partial charge in [0.25, 0.3) is 5.56 Å². The van der Waals surface area contributed by atoms with Crippen LogP contribution in [0.4, 0.5) is 11.6 Å². The molecule has 22 nitrogen and oxygen atoms in total. The minimum atomic E-state index is -5.08. The number of pyridine rings is 1. The number of hydrogen-bond acceptors (Lipinski definition) is 17. The van der Waals surface area contributed by atoms with E-state index in [-0.39, 0.29) is 22.8 Å². The number of phosphoric acid groups is 1. The third kappa shape index (κ3) is 5.51. The molecule has 2 bridgehead atoms. The molecule has 24 heteroatoms.